The summed E-state index contributed by atoms with van der Waals surface area (Å²) in [4.78, 5) is 14.6. The zero-order valence-corrected chi connectivity index (χ0v) is 9.50. The van der Waals surface area contributed by atoms with Crippen molar-refractivity contribution in [1.82, 2.24) is 4.98 Å². The molecule has 0 saturated heterocycles. The molecule has 0 radical (unpaired) electrons. The second-order valence-electron chi connectivity index (χ2n) is 5.05. The third-order valence-corrected chi connectivity index (χ3v) is 4.04. The lowest BCUT2D eigenvalue weighted by atomic mass is 9.95. The Morgan fingerprint density at radius 3 is 2.94 bits per heavy atom. The molecule has 5 nitrogen and oxygen atoms in total. The van der Waals surface area contributed by atoms with E-state index >= 15 is 0 Å². The number of aromatic nitrogens is 1. The Labute approximate surface area is 99.4 Å². The van der Waals surface area contributed by atoms with Crippen molar-refractivity contribution >= 4 is 11.5 Å². The lowest BCUT2D eigenvalue weighted by molar-refractivity contribution is -0.384. The highest BCUT2D eigenvalue weighted by molar-refractivity contribution is 5.55. The summed E-state index contributed by atoms with van der Waals surface area (Å²) in [5.41, 5.74) is 0.0790. The van der Waals surface area contributed by atoms with Crippen molar-refractivity contribution in [2.24, 2.45) is 11.8 Å². The number of fused-ring (bicyclic) bond motifs is 2. The quantitative estimate of drug-likeness (QED) is 0.643. The van der Waals surface area contributed by atoms with Gasteiger partial charge >= 0.3 is 5.69 Å². The third kappa shape index (κ3) is 1.85. The molecule has 0 aromatic carbocycles. The first kappa shape index (κ1) is 10.5. The van der Waals surface area contributed by atoms with Crippen LogP contribution in [0.2, 0.25) is 0 Å². The average Bonchev–Trinajstić information content (AvgIpc) is 2.91. The molecule has 3 atom stereocenters. The van der Waals surface area contributed by atoms with Gasteiger partial charge in [0.1, 0.15) is 0 Å². The molecule has 2 bridgehead atoms. The number of hydrogen-bond acceptors (Lipinski definition) is 4. The van der Waals surface area contributed by atoms with Gasteiger partial charge in [-0.3, -0.25) is 10.1 Å². The van der Waals surface area contributed by atoms with Crippen molar-refractivity contribution in [3.05, 3.63) is 28.4 Å². The van der Waals surface area contributed by atoms with Gasteiger partial charge in [0, 0.05) is 18.3 Å². The third-order valence-electron chi connectivity index (χ3n) is 4.04. The summed E-state index contributed by atoms with van der Waals surface area (Å²) in [7, 11) is 0. The molecule has 5 heteroatoms. The van der Waals surface area contributed by atoms with Crippen LogP contribution in [0.4, 0.5) is 11.5 Å². The smallest absolute Gasteiger partial charge is 0.311 e. The van der Waals surface area contributed by atoms with Crippen LogP contribution in [0.25, 0.3) is 0 Å². The molecule has 1 heterocycles. The first-order chi connectivity index (χ1) is 8.24. The minimum absolute atomic E-state index is 0.0790. The van der Waals surface area contributed by atoms with Gasteiger partial charge in [0.05, 0.1) is 4.92 Å². The molecular formula is C12H15N3O2. The van der Waals surface area contributed by atoms with Crippen molar-refractivity contribution in [2.45, 2.75) is 31.7 Å². The number of pyridine rings is 1. The van der Waals surface area contributed by atoms with Gasteiger partial charge in [0.25, 0.3) is 0 Å². The van der Waals surface area contributed by atoms with Gasteiger partial charge in [0.2, 0.25) is 5.82 Å². The highest BCUT2D eigenvalue weighted by Gasteiger charge is 2.40. The highest BCUT2D eigenvalue weighted by Crippen LogP contribution is 2.45. The van der Waals surface area contributed by atoms with E-state index in [1.54, 1.807) is 12.3 Å². The Kier molecular flexibility index (Phi) is 2.46. The van der Waals surface area contributed by atoms with Crippen molar-refractivity contribution in [3.63, 3.8) is 0 Å². The summed E-state index contributed by atoms with van der Waals surface area (Å²) in [6.45, 7) is 0. The zero-order chi connectivity index (χ0) is 11.8. The van der Waals surface area contributed by atoms with E-state index in [-0.39, 0.29) is 10.6 Å². The van der Waals surface area contributed by atoms with Crippen molar-refractivity contribution in [1.29, 1.82) is 0 Å². The number of rotatable bonds is 3. The molecule has 2 aliphatic rings. The van der Waals surface area contributed by atoms with Crippen LogP contribution in [0, 0.1) is 22.0 Å². The predicted octanol–water partition coefficient (Wildman–Crippen LogP) is 2.59. The Balaban J connectivity index is 1.79. The average molecular weight is 233 g/mol. The number of hydrogen-bond donors (Lipinski definition) is 1. The molecular weight excluding hydrogens is 218 g/mol. The van der Waals surface area contributed by atoms with E-state index in [4.69, 9.17) is 0 Å². The molecule has 1 aromatic heterocycles. The van der Waals surface area contributed by atoms with Gasteiger partial charge in [-0.25, -0.2) is 4.98 Å². The highest BCUT2D eigenvalue weighted by atomic mass is 16.6. The lowest BCUT2D eigenvalue weighted by Gasteiger charge is -2.23. The lowest BCUT2D eigenvalue weighted by Crippen LogP contribution is -2.26. The molecule has 0 spiro atoms. The Hall–Kier alpha value is -1.65. The van der Waals surface area contributed by atoms with E-state index in [0.717, 1.165) is 12.3 Å². The molecule has 2 fully saturated rings. The fourth-order valence-corrected chi connectivity index (χ4v) is 3.25. The van der Waals surface area contributed by atoms with Crippen molar-refractivity contribution < 1.29 is 4.92 Å². The molecule has 2 saturated carbocycles. The topological polar surface area (TPSA) is 68.1 Å². The number of nitrogens with one attached hydrogen (secondary N) is 1. The predicted molar refractivity (Wildman–Crippen MR) is 63.8 cm³/mol. The van der Waals surface area contributed by atoms with Gasteiger partial charge in [-0.2, -0.15) is 0 Å². The van der Waals surface area contributed by atoms with Crippen LogP contribution in [-0.4, -0.2) is 15.9 Å². The fraction of sp³-hybridized carbons (Fsp3) is 0.583. The van der Waals surface area contributed by atoms with E-state index < -0.39 is 0 Å². The summed E-state index contributed by atoms with van der Waals surface area (Å²) in [5, 5.41) is 14.2. The molecule has 17 heavy (non-hydrogen) atoms. The second kappa shape index (κ2) is 3.98. The zero-order valence-electron chi connectivity index (χ0n) is 9.50. The molecule has 0 aliphatic heterocycles. The first-order valence-electron chi connectivity index (χ1n) is 6.10. The summed E-state index contributed by atoms with van der Waals surface area (Å²) in [6.07, 6.45) is 6.59. The normalized spacial score (nSPS) is 30.5. The minimum atomic E-state index is -0.372. The van der Waals surface area contributed by atoms with Crippen LogP contribution < -0.4 is 5.32 Å². The molecule has 2 aliphatic carbocycles. The summed E-state index contributed by atoms with van der Waals surface area (Å²) < 4.78 is 0. The molecule has 0 amide bonds. The number of anilines is 1. The van der Waals surface area contributed by atoms with Gasteiger partial charge < -0.3 is 5.32 Å². The van der Waals surface area contributed by atoms with Gasteiger partial charge in [0.15, 0.2) is 0 Å². The van der Waals surface area contributed by atoms with Crippen LogP contribution in [-0.2, 0) is 0 Å². The van der Waals surface area contributed by atoms with Crippen LogP contribution in [0.5, 0.6) is 0 Å². The van der Waals surface area contributed by atoms with E-state index in [9.17, 15) is 10.1 Å². The van der Waals surface area contributed by atoms with Gasteiger partial charge in [-0.15, -0.1) is 0 Å². The molecule has 1 aromatic rings. The number of nitro groups is 1. The maximum absolute atomic E-state index is 10.9. The number of nitrogens with zero attached hydrogens (tertiary/aromatic N) is 2. The molecule has 3 unspecified atom stereocenters. The molecule has 90 valence electrons. The Morgan fingerprint density at radius 2 is 2.29 bits per heavy atom. The minimum Gasteiger partial charge on any atom is -0.361 e. The standard InChI is InChI=1S/C12H15N3O2/c16-15(17)11-2-1-5-13-12(11)14-10-7-8-3-4-9(10)6-8/h1-2,5,8-10H,3-4,6-7H2,(H,13,14). The summed E-state index contributed by atoms with van der Waals surface area (Å²) in [5.74, 6) is 1.93. The Morgan fingerprint density at radius 1 is 1.41 bits per heavy atom. The van der Waals surface area contributed by atoms with Crippen molar-refractivity contribution in [3.8, 4) is 0 Å². The molecule has 3 rings (SSSR count). The van der Waals surface area contributed by atoms with Gasteiger partial charge in [-0.1, -0.05) is 6.42 Å². The summed E-state index contributed by atoms with van der Waals surface area (Å²) in [6, 6.07) is 3.48. The van der Waals surface area contributed by atoms with E-state index in [1.165, 1.54) is 25.3 Å². The maximum Gasteiger partial charge on any atom is 0.311 e. The van der Waals surface area contributed by atoms with Crippen LogP contribution in [0.1, 0.15) is 25.7 Å². The fourth-order valence-electron chi connectivity index (χ4n) is 3.25. The van der Waals surface area contributed by atoms with Crippen molar-refractivity contribution in [2.75, 3.05) is 5.32 Å². The molecule has 1 N–H and O–H groups in total. The van der Waals surface area contributed by atoms with Crippen LogP contribution in [0.15, 0.2) is 18.3 Å². The Bertz CT molecular complexity index is 449. The first-order valence-corrected chi connectivity index (χ1v) is 6.10. The second-order valence-corrected chi connectivity index (χ2v) is 5.05. The van der Waals surface area contributed by atoms with E-state index in [0.29, 0.717) is 17.8 Å². The van der Waals surface area contributed by atoms with Crippen LogP contribution in [0.3, 0.4) is 0 Å². The summed E-state index contributed by atoms with van der Waals surface area (Å²) >= 11 is 0. The SMILES string of the molecule is O=[N+]([O-])c1cccnc1NC1CC2CCC1C2. The van der Waals surface area contributed by atoms with Crippen LogP contribution >= 0.6 is 0 Å². The van der Waals surface area contributed by atoms with Gasteiger partial charge in [-0.05, 0) is 37.2 Å². The monoisotopic (exact) mass is 233 g/mol. The maximum atomic E-state index is 10.9. The van der Waals surface area contributed by atoms with E-state index in [1.807, 2.05) is 0 Å². The van der Waals surface area contributed by atoms with E-state index in [2.05, 4.69) is 10.3 Å². The largest absolute Gasteiger partial charge is 0.361 e.